The molecule has 0 amide bonds. The fourth-order valence-electron chi connectivity index (χ4n) is 2.99. The number of aromatic nitrogens is 2. The Morgan fingerprint density at radius 1 is 1.42 bits per heavy atom. The van der Waals surface area contributed by atoms with E-state index in [1.165, 1.54) is 18.7 Å². The molecule has 0 aliphatic carbocycles. The number of aliphatic hydroxyl groups is 1. The molecule has 3 N–H and O–H groups in total. The second-order valence-corrected chi connectivity index (χ2v) is 10.4. The van der Waals surface area contributed by atoms with Crippen LogP contribution in [0.2, 0.25) is 0 Å². The van der Waals surface area contributed by atoms with Crippen molar-refractivity contribution in [1.82, 2.24) is 14.6 Å². The summed E-state index contributed by atoms with van der Waals surface area (Å²) in [5.41, 5.74) is -4.07. The number of esters is 1. The van der Waals surface area contributed by atoms with Crippen molar-refractivity contribution in [2.24, 2.45) is 0 Å². The lowest BCUT2D eigenvalue weighted by Crippen LogP contribution is -2.43. The number of thioether (sulfide) groups is 1. The van der Waals surface area contributed by atoms with Crippen molar-refractivity contribution in [2.45, 2.75) is 63.9 Å². The molecule has 1 aliphatic rings. The van der Waals surface area contributed by atoms with Crippen LogP contribution in [-0.4, -0.2) is 69.5 Å². The zero-order chi connectivity index (χ0) is 25.0. The van der Waals surface area contributed by atoms with Gasteiger partial charge in [0, 0.05) is 12.3 Å². The lowest BCUT2D eigenvalue weighted by molar-refractivity contribution is -0.149. The van der Waals surface area contributed by atoms with E-state index in [-0.39, 0.29) is 5.94 Å². The predicted octanol–water partition coefficient (Wildman–Crippen LogP) is 0.915. The van der Waals surface area contributed by atoms with Crippen molar-refractivity contribution < 1.29 is 37.4 Å². The molecule has 6 atom stereocenters. The lowest BCUT2D eigenvalue weighted by atomic mass is 9.98. The van der Waals surface area contributed by atoms with Gasteiger partial charge >= 0.3 is 19.4 Å². The van der Waals surface area contributed by atoms with Crippen LogP contribution in [-0.2, 0) is 27.9 Å². The van der Waals surface area contributed by atoms with Gasteiger partial charge in [0.05, 0.1) is 12.7 Å². The fourth-order valence-corrected chi connectivity index (χ4v) is 5.12. The van der Waals surface area contributed by atoms with E-state index in [9.17, 15) is 24.1 Å². The molecule has 12 nitrogen and oxygen atoms in total. The first-order valence-electron chi connectivity index (χ1n) is 10.0. The number of carbonyl (C=O) groups is 1. The first-order valence-corrected chi connectivity index (χ1v) is 12.9. The van der Waals surface area contributed by atoms with Crippen LogP contribution in [0.1, 0.15) is 33.9 Å². The molecule has 2 rings (SSSR count). The van der Waals surface area contributed by atoms with Gasteiger partial charge in [-0.25, -0.2) is 18.8 Å². The minimum absolute atomic E-state index is 0.0550. The second kappa shape index (κ2) is 11.3. The molecule has 0 saturated carbocycles. The van der Waals surface area contributed by atoms with E-state index in [1.807, 2.05) is 4.98 Å². The summed E-state index contributed by atoms with van der Waals surface area (Å²) < 4.78 is 50.3. The molecule has 1 saturated heterocycles. The van der Waals surface area contributed by atoms with Gasteiger partial charge in [0.15, 0.2) is 11.9 Å². The predicted molar refractivity (Wildman–Crippen MR) is 118 cm³/mol. The average Bonchev–Trinajstić information content (AvgIpc) is 2.94. The summed E-state index contributed by atoms with van der Waals surface area (Å²) in [7, 11) is -4.12. The zero-order valence-corrected chi connectivity index (χ0v) is 20.6. The summed E-state index contributed by atoms with van der Waals surface area (Å²) >= 11 is 1.20. The third-order valence-corrected chi connectivity index (χ3v) is 6.82. The van der Waals surface area contributed by atoms with Crippen molar-refractivity contribution in [3.8, 4) is 0 Å². The third kappa shape index (κ3) is 6.98. The number of hydrogen-bond acceptors (Lipinski definition) is 10. The van der Waals surface area contributed by atoms with Gasteiger partial charge in [-0.2, -0.15) is 0 Å². The molecule has 1 fully saturated rings. The van der Waals surface area contributed by atoms with E-state index in [1.54, 1.807) is 20.1 Å². The van der Waals surface area contributed by atoms with E-state index in [2.05, 4.69) is 5.09 Å². The summed E-state index contributed by atoms with van der Waals surface area (Å²) in [6, 6.07) is -0.0586. The summed E-state index contributed by atoms with van der Waals surface area (Å²) in [5.74, 6) is -0.742. The largest absolute Gasteiger partial charge is 0.462 e. The van der Waals surface area contributed by atoms with Crippen LogP contribution < -0.4 is 16.3 Å². The van der Waals surface area contributed by atoms with Gasteiger partial charge in [-0.05, 0) is 34.0 Å². The third-order valence-electron chi connectivity index (χ3n) is 4.63. The van der Waals surface area contributed by atoms with Crippen molar-refractivity contribution in [1.29, 1.82) is 0 Å². The van der Waals surface area contributed by atoms with E-state index in [0.717, 1.165) is 23.8 Å². The van der Waals surface area contributed by atoms with Crippen LogP contribution in [0.4, 0.5) is 4.39 Å². The highest BCUT2D eigenvalue weighted by Gasteiger charge is 2.55. The molecule has 0 radical (unpaired) electrons. The van der Waals surface area contributed by atoms with Crippen LogP contribution in [0, 0.1) is 0 Å². The molecule has 2 heterocycles. The van der Waals surface area contributed by atoms with Crippen LogP contribution in [0.5, 0.6) is 0 Å². The normalized spacial score (nSPS) is 27.9. The maximum atomic E-state index is 15.3. The standard InChI is InChI=1S/C18H29FN3O9PS/c1-10(2)30-15(25)11(3)21-32(27,29-9-33-5)28-8-12-14(24)18(4,19)16(31-12)22-7-6-13(23)20-17(22)26/h6-7,10-12,14,16,24H,8-9H2,1-5H3,(H,21,27)(H,20,23,26)/t11?,12-,14?,16-,18?,32?/m1/s1. The first-order chi connectivity index (χ1) is 15.3. The highest BCUT2D eigenvalue weighted by atomic mass is 32.2. The molecule has 1 aromatic rings. The Morgan fingerprint density at radius 2 is 2.09 bits per heavy atom. The van der Waals surface area contributed by atoms with Gasteiger partial charge < -0.3 is 14.6 Å². The number of H-pyrrole nitrogens is 1. The van der Waals surface area contributed by atoms with Crippen LogP contribution in [0.3, 0.4) is 0 Å². The molecule has 0 bridgehead atoms. The Hall–Kier alpha value is -1.54. The number of halogens is 1. The summed E-state index contributed by atoms with van der Waals surface area (Å²) in [6.07, 6.45) is -2.40. The van der Waals surface area contributed by atoms with Crippen molar-refractivity contribution in [2.75, 3.05) is 18.8 Å². The Morgan fingerprint density at radius 3 is 2.67 bits per heavy atom. The summed E-state index contributed by atoms with van der Waals surface area (Å²) in [6.45, 7) is 5.14. The number of alkyl halides is 1. The second-order valence-electron chi connectivity index (χ2n) is 7.81. The summed E-state index contributed by atoms with van der Waals surface area (Å²) in [5, 5.41) is 12.9. The number of ether oxygens (including phenoxy) is 2. The number of aromatic amines is 1. The molecule has 15 heteroatoms. The van der Waals surface area contributed by atoms with E-state index < -0.39 is 67.8 Å². The Labute approximate surface area is 193 Å². The molecule has 0 spiro atoms. The molecule has 1 aromatic heterocycles. The quantitative estimate of drug-likeness (QED) is 0.219. The molecule has 4 unspecified atom stereocenters. The maximum Gasteiger partial charge on any atom is 0.407 e. The minimum atomic E-state index is -4.12. The molecular weight excluding hydrogens is 484 g/mol. The van der Waals surface area contributed by atoms with Crippen molar-refractivity contribution in [3.05, 3.63) is 33.1 Å². The van der Waals surface area contributed by atoms with Gasteiger partial charge in [0.2, 0.25) is 0 Å². The van der Waals surface area contributed by atoms with E-state index >= 15 is 4.39 Å². The van der Waals surface area contributed by atoms with Gasteiger partial charge in [0.1, 0.15) is 24.2 Å². The smallest absolute Gasteiger partial charge is 0.407 e. The first kappa shape index (κ1) is 27.7. The van der Waals surface area contributed by atoms with Crippen LogP contribution in [0.25, 0.3) is 0 Å². The van der Waals surface area contributed by atoms with Crippen LogP contribution >= 0.6 is 19.5 Å². The number of carbonyl (C=O) groups excluding carboxylic acids is 1. The van der Waals surface area contributed by atoms with Crippen molar-refractivity contribution in [3.63, 3.8) is 0 Å². The number of rotatable bonds is 11. The Bertz CT molecular complexity index is 985. The van der Waals surface area contributed by atoms with Gasteiger partial charge in [0.25, 0.3) is 5.56 Å². The zero-order valence-electron chi connectivity index (χ0n) is 18.8. The van der Waals surface area contributed by atoms with Gasteiger partial charge in [-0.15, -0.1) is 11.8 Å². The molecule has 188 valence electrons. The maximum absolute atomic E-state index is 15.3. The lowest BCUT2D eigenvalue weighted by Gasteiger charge is -2.25. The van der Waals surface area contributed by atoms with Crippen LogP contribution in [0.15, 0.2) is 21.9 Å². The van der Waals surface area contributed by atoms with Crippen molar-refractivity contribution >= 4 is 25.5 Å². The molecule has 33 heavy (non-hydrogen) atoms. The average molecular weight is 513 g/mol. The van der Waals surface area contributed by atoms with E-state index in [0.29, 0.717) is 0 Å². The number of nitrogens with zero attached hydrogens (tertiary/aromatic N) is 1. The molecule has 1 aliphatic heterocycles. The summed E-state index contributed by atoms with van der Waals surface area (Å²) in [4.78, 5) is 37.4. The highest BCUT2D eigenvalue weighted by Crippen LogP contribution is 2.47. The van der Waals surface area contributed by atoms with Gasteiger partial charge in [-0.1, -0.05) is 0 Å². The van der Waals surface area contributed by atoms with Gasteiger partial charge in [-0.3, -0.25) is 28.2 Å². The SMILES string of the molecule is CSCOP(=O)(NC(C)C(=O)OC(C)C)OC[C@H]1O[C@@H](n2ccc(=O)[nH]c2=O)C(C)(F)C1O. The minimum Gasteiger partial charge on any atom is -0.462 e. The monoisotopic (exact) mass is 513 g/mol. The highest BCUT2D eigenvalue weighted by molar-refractivity contribution is 7.98. The number of hydrogen-bond donors (Lipinski definition) is 3. The Kier molecular flexibility index (Phi) is 9.45. The number of aliphatic hydroxyl groups excluding tert-OH is 1. The molecular formula is C18H29FN3O9PS. The topological polar surface area (TPSA) is 158 Å². The fraction of sp³-hybridized carbons (Fsp3) is 0.722. The molecule has 0 aromatic carbocycles. The number of nitrogens with one attached hydrogen (secondary N) is 2. The van der Waals surface area contributed by atoms with E-state index in [4.69, 9.17) is 18.5 Å². The Balaban J connectivity index is 2.16.